The number of hydrogen-bond donors (Lipinski definition) is 1. The molecule has 1 aliphatic carbocycles. The Labute approximate surface area is 243 Å². The average Bonchev–Trinajstić information content (AvgIpc) is 3.41. The molecule has 12 heteroatoms. The predicted octanol–water partition coefficient (Wildman–Crippen LogP) is 4.49. The number of hydrogen-bond acceptors (Lipinski definition) is 6. The minimum Gasteiger partial charge on any atom is -0.443 e. The molecule has 1 N–H and O–H groups in total. The van der Waals surface area contributed by atoms with Crippen molar-refractivity contribution in [3.63, 3.8) is 0 Å². The van der Waals surface area contributed by atoms with Gasteiger partial charge in [0.15, 0.2) is 0 Å². The first-order valence-electron chi connectivity index (χ1n) is 14.2. The van der Waals surface area contributed by atoms with E-state index in [1.165, 1.54) is 17.0 Å². The van der Waals surface area contributed by atoms with Crippen molar-refractivity contribution >= 4 is 41.1 Å². The van der Waals surface area contributed by atoms with Crippen molar-refractivity contribution in [3.05, 3.63) is 41.2 Å². The van der Waals surface area contributed by atoms with E-state index < -0.39 is 47.2 Å². The third kappa shape index (κ3) is 5.95. The van der Waals surface area contributed by atoms with Gasteiger partial charge in [-0.25, -0.2) is 23.0 Å². The molecule has 3 atom stereocenters. The Kier molecular flexibility index (Phi) is 8.19. The van der Waals surface area contributed by atoms with Gasteiger partial charge >= 0.3 is 6.09 Å². The van der Waals surface area contributed by atoms with Crippen LogP contribution in [-0.2, 0) is 14.3 Å². The first-order chi connectivity index (χ1) is 19.8. The molecule has 226 valence electrons. The quantitative estimate of drug-likeness (QED) is 0.527. The van der Waals surface area contributed by atoms with Crippen LogP contribution in [0.5, 0.6) is 0 Å². The number of aliphatic imine (C=N–C) groups is 1. The van der Waals surface area contributed by atoms with E-state index >= 15 is 4.39 Å². The number of benzene rings is 1. The van der Waals surface area contributed by atoms with Gasteiger partial charge < -0.3 is 19.9 Å². The molecule has 4 aliphatic rings. The number of carbonyl (C=O) groups is 3. The summed E-state index contributed by atoms with van der Waals surface area (Å²) in [5, 5.41) is 2.72. The Morgan fingerprint density at radius 1 is 1.17 bits per heavy atom. The molecule has 1 saturated carbocycles. The molecule has 0 radical (unpaired) electrons. The number of halogens is 3. The van der Waals surface area contributed by atoms with E-state index in [4.69, 9.17) is 4.74 Å². The third-order valence-electron chi connectivity index (χ3n) is 8.85. The van der Waals surface area contributed by atoms with Crippen LogP contribution in [0.25, 0.3) is 5.57 Å². The van der Waals surface area contributed by atoms with E-state index in [2.05, 4.69) is 15.2 Å². The number of amides is 3. The molecule has 0 spiro atoms. The van der Waals surface area contributed by atoms with E-state index in [9.17, 15) is 23.2 Å². The highest BCUT2D eigenvalue weighted by molar-refractivity contribution is 6.11. The molecule has 42 heavy (non-hydrogen) atoms. The maximum absolute atomic E-state index is 15.8. The molecule has 9 nitrogen and oxygen atoms in total. The Bertz CT molecular complexity index is 1360. The summed E-state index contributed by atoms with van der Waals surface area (Å²) in [6.07, 6.45) is 2.44. The molecule has 1 aromatic rings. The first-order valence-corrected chi connectivity index (χ1v) is 14.2. The molecule has 0 bridgehead atoms. The molecule has 1 unspecified atom stereocenters. The fourth-order valence-corrected chi connectivity index (χ4v) is 5.85. The summed E-state index contributed by atoms with van der Waals surface area (Å²) in [5.74, 6) is -3.67. The van der Waals surface area contributed by atoms with Crippen molar-refractivity contribution in [3.8, 4) is 0 Å². The third-order valence-corrected chi connectivity index (χ3v) is 8.85. The maximum atomic E-state index is 15.8. The van der Waals surface area contributed by atoms with Crippen molar-refractivity contribution in [2.45, 2.75) is 64.1 Å². The maximum Gasteiger partial charge on any atom is 0.410 e. The van der Waals surface area contributed by atoms with Crippen LogP contribution in [0.4, 0.5) is 29.3 Å². The lowest BCUT2D eigenvalue weighted by Crippen LogP contribution is -2.55. The van der Waals surface area contributed by atoms with Gasteiger partial charge in [0.2, 0.25) is 5.91 Å². The highest BCUT2D eigenvalue weighted by Crippen LogP contribution is 2.38. The summed E-state index contributed by atoms with van der Waals surface area (Å²) in [6.45, 7) is 7.44. The van der Waals surface area contributed by atoms with Gasteiger partial charge in [0, 0.05) is 61.7 Å². The van der Waals surface area contributed by atoms with Crippen LogP contribution >= 0.6 is 0 Å². The second kappa shape index (κ2) is 11.5. The summed E-state index contributed by atoms with van der Waals surface area (Å²) in [4.78, 5) is 46.9. The lowest BCUT2D eigenvalue weighted by atomic mass is 9.82. The fraction of sp³-hybridized carbons (Fsp3) is 0.533. The second-order valence-corrected chi connectivity index (χ2v) is 11.9. The lowest BCUT2D eigenvalue weighted by molar-refractivity contribution is -0.117. The zero-order valence-electron chi connectivity index (χ0n) is 24.2. The Balaban J connectivity index is 1.44. The van der Waals surface area contributed by atoms with Gasteiger partial charge in [-0.05, 0) is 64.8 Å². The normalized spacial score (nSPS) is 25.7. The van der Waals surface area contributed by atoms with E-state index in [0.29, 0.717) is 30.4 Å². The van der Waals surface area contributed by atoms with Crippen LogP contribution < -0.4 is 10.2 Å². The van der Waals surface area contributed by atoms with E-state index in [0.717, 1.165) is 25.5 Å². The largest absolute Gasteiger partial charge is 0.443 e. The van der Waals surface area contributed by atoms with Crippen LogP contribution in [0.1, 0.15) is 45.6 Å². The van der Waals surface area contributed by atoms with Crippen LogP contribution in [-0.4, -0.2) is 91.3 Å². The molecule has 0 aromatic heterocycles. The van der Waals surface area contributed by atoms with Crippen molar-refractivity contribution in [1.82, 2.24) is 9.80 Å². The summed E-state index contributed by atoms with van der Waals surface area (Å²) in [6, 6.07) is 3.08. The Morgan fingerprint density at radius 3 is 2.48 bits per heavy atom. The number of nitrogens with one attached hydrogen (secondary N) is 1. The lowest BCUT2D eigenvalue weighted by Gasteiger charge is -2.44. The van der Waals surface area contributed by atoms with E-state index in [1.54, 1.807) is 6.08 Å². The van der Waals surface area contributed by atoms with Crippen molar-refractivity contribution in [2.24, 2.45) is 10.9 Å². The number of carbonyl (C=O) groups excluding carboxylic acids is 3. The molecular weight excluding hydrogens is 551 g/mol. The topological polar surface area (TPSA) is 94.5 Å². The van der Waals surface area contributed by atoms with E-state index in [1.807, 2.05) is 32.7 Å². The monoisotopic (exact) mass is 587 g/mol. The van der Waals surface area contributed by atoms with Gasteiger partial charge in [-0.2, -0.15) is 0 Å². The standard InChI is InChI=1S/C30H36F3N5O4/c1-17-14-38(15-18(2)36(17)4)25-12-23(31)20(19-6-9-37(16-19)29(41)42-30(3)7-5-8-30)10-24(25)35-28(40)22-13-34-26(39)11-21(22)27(32)33/h6,10-13,17-18,22,27H,5,7-9,14-16H2,1-4H3,(H,35,40)/t17-,18+,22?. The molecule has 1 saturated heterocycles. The smallest absolute Gasteiger partial charge is 0.410 e. The van der Waals surface area contributed by atoms with Crippen molar-refractivity contribution in [2.75, 3.05) is 43.4 Å². The number of likely N-dealkylation sites (N-methyl/N-ethyl adjacent to an activating group) is 1. The number of dihydropyridines is 1. The van der Waals surface area contributed by atoms with Crippen LogP contribution in [0.2, 0.25) is 0 Å². The number of nitrogens with zero attached hydrogens (tertiary/aromatic N) is 4. The van der Waals surface area contributed by atoms with Crippen molar-refractivity contribution < 1.29 is 32.3 Å². The highest BCUT2D eigenvalue weighted by atomic mass is 19.3. The number of anilines is 2. The molecule has 1 aromatic carbocycles. The second-order valence-electron chi connectivity index (χ2n) is 11.9. The molecular formula is C30H36F3N5O4. The molecule has 5 rings (SSSR count). The number of ether oxygens (including phenoxy) is 1. The fourth-order valence-electron chi connectivity index (χ4n) is 5.85. The summed E-state index contributed by atoms with van der Waals surface area (Å²) in [5.41, 5.74) is 0.263. The summed E-state index contributed by atoms with van der Waals surface area (Å²) >= 11 is 0. The molecule has 3 aliphatic heterocycles. The minimum absolute atomic E-state index is 0.122. The molecule has 2 fully saturated rings. The SMILES string of the molecule is C[C@@H]1CN(c2cc(F)c(C3=CCN(C(=O)OC4(C)CCC4)C3)cc2NC(=O)C2C=NC(=O)C=C2C(F)F)C[C@H](C)N1C. The van der Waals surface area contributed by atoms with Gasteiger partial charge in [0.25, 0.3) is 12.3 Å². The van der Waals surface area contributed by atoms with Gasteiger partial charge in [0.05, 0.1) is 11.4 Å². The van der Waals surface area contributed by atoms with Crippen LogP contribution in [0.3, 0.4) is 0 Å². The van der Waals surface area contributed by atoms with Crippen LogP contribution in [0.15, 0.2) is 34.9 Å². The predicted molar refractivity (Wildman–Crippen MR) is 153 cm³/mol. The average molecular weight is 588 g/mol. The van der Waals surface area contributed by atoms with Gasteiger partial charge in [-0.1, -0.05) is 6.08 Å². The van der Waals surface area contributed by atoms with E-state index in [-0.39, 0.29) is 36.4 Å². The van der Waals surface area contributed by atoms with Crippen LogP contribution in [0, 0.1) is 11.7 Å². The number of alkyl halides is 2. The Morgan fingerprint density at radius 2 is 1.86 bits per heavy atom. The molecule has 3 heterocycles. The van der Waals surface area contributed by atoms with Gasteiger partial charge in [0.1, 0.15) is 17.3 Å². The minimum atomic E-state index is -3.03. The molecule has 3 amide bonds. The zero-order valence-corrected chi connectivity index (χ0v) is 24.2. The zero-order chi connectivity index (χ0) is 30.3. The Hall–Kier alpha value is -3.67. The highest BCUT2D eigenvalue weighted by Gasteiger charge is 2.38. The summed E-state index contributed by atoms with van der Waals surface area (Å²) in [7, 11) is 2.01. The van der Waals surface area contributed by atoms with Crippen molar-refractivity contribution in [1.29, 1.82) is 0 Å². The number of piperazine rings is 1. The van der Waals surface area contributed by atoms with Gasteiger partial charge in [-0.15, -0.1) is 0 Å². The van der Waals surface area contributed by atoms with Gasteiger partial charge in [-0.3, -0.25) is 14.5 Å². The first kappa shape index (κ1) is 29.8. The number of rotatable bonds is 6. The summed E-state index contributed by atoms with van der Waals surface area (Å²) < 4.78 is 48.9.